The minimum absolute atomic E-state index is 0.269. The molecule has 1 aliphatic rings. The van der Waals surface area contributed by atoms with Gasteiger partial charge in [-0.15, -0.1) is 11.3 Å². The van der Waals surface area contributed by atoms with Crippen LogP contribution in [0.15, 0.2) is 29.6 Å². The second kappa shape index (κ2) is 7.06. The number of nitrogens with zero attached hydrogens (tertiary/aromatic N) is 2. The van der Waals surface area contributed by atoms with Crippen LogP contribution in [0.3, 0.4) is 0 Å². The summed E-state index contributed by atoms with van der Waals surface area (Å²) in [7, 11) is 0. The first-order valence-corrected chi connectivity index (χ1v) is 8.25. The molecule has 0 aliphatic carbocycles. The van der Waals surface area contributed by atoms with Crippen LogP contribution < -0.4 is 4.74 Å². The Morgan fingerprint density at radius 3 is 2.91 bits per heavy atom. The van der Waals surface area contributed by atoms with E-state index in [9.17, 15) is 9.18 Å². The van der Waals surface area contributed by atoms with E-state index in [0.29, 0.717) is 31.9 Å². The number of carboxylic acid groups (broad SMARTS) is 1. The number of hydrogen-bond acceptors (Lipinski definition) is 5. The second-order valence-corrected chi connectivity index (χ2v) is 6.48. The molecule has 0 amide bonds. The average Bonchev–Trinajstić information content (AvgIpc) is 3.17. The van der Waals surface area contributed by atoms with Gasteiger partial charge in [-0.05, 0) is 37.2 Å². The maximum Gasteiger partial charge on any atom is 0.307 e. The van der Waals surface area contributed by atoms with Gasteiger partial charge in [0.15, 0.2) is 0 Å². The van der Waals surface area contributed by atoms with E-state index in [1.807, 2.05) is 5.38 Å². The number of carboxylic acids is 1. The van der Waals surface area contributed by atoms with Crippen molar-refractivity contribution in [3.63, 3.8) is 0 Å². The average molecular weight is 336 g/mol. The molecule has 1 aliphatic heterocycles. The summed E-state index contributed by atoms with van der Waals surface area (Å²) in [4.78, 5) is 17.6. The summed E-state index contributed by atoms with van der Waals surface area (Å²) in [6.45, 7) is 2.37. The number of carbonyl (C=O) groups is 1. The highest BCUT2D eigenvalue weighted by Crippen LogP contribution is 2.21. The zero-order valence-electron chi connectivity index (χ0n) is 12.4. The minimum atomic E-state index is -0.723. The first kappa shape index (κ1) is 15.9. The number of thiazole rings is 1. The first-order valence-electron chi connectivity index (χ1n) is 7.37. The molecule has 23 heavy (non-hydrogen) atoms. The number of hydrogen-bond donors (Lipinski definition) is 1. The van der Waals surface area contributed by atoms with Crippen molar-refractivity contribution in [3.05, 3.63) is 46.2 Å². The lowest BCUT2D eigenvalue weighted by Crippen LogP contribution is -2.23. The van der Waals surface area contributed by atoms with Gasteiger partial charge in [-0.2, -0.15) is 0 Å². The standard InChI is InChI=1S/C16H17FN2O3S/c17-12-1-3-14(4-2-12)22-9-15-18-13(10-23-15)8-19-6-5-11(7-19)16(20)21/h1-4,10-11H,5-9H2,(H,20,21). The Morgan fingerprint density at radius 1 is 1.43 bits per heavy atom. The molecule has 3 rings (SSSR count). The van der Waals surface area contributed by atoms with Crippen molar-refractivity contribution in [2.24, 2.45) is 5.92 Å². The lowest BCUT2D eigenvalue weighted by Gasteiger charge is -2.12. The molecule has 1 aromatic heterocycles. The number of ether oxygens (including phenoxy) is 1. The van der Waals surface area contributed by atoms with E-state index in [-0.39, 0.29) is 11.7 Å². The minimum Gasteiger partial charge on any atom is -0.486 e. The van der Waals surface area contributed by atoms with Crippen molar-refractivity contribution in [1.82, 2.24) is 9.88 Å². The van der Waals surface area contributed by atoms with Gasteiger partial charge >= 0.3 is 5.97 Å². The van der Waals surface area contributed by atoms with E-state index < -0.39 is 5.97 Å². The van der Waals surface area contributed by atoms with Gasteiger partial charge in [0, 0.05) is 18.5 Å². The number of rotatable bonds is 6. The Kier molecular flexibility index (Phi) is 4.88. The van der Waals surface area contributed by atoms with Crippen LogP contribution in [-0.4, -0.2) is 34.0 Å². The zero-order chi connectivity index (χ0) is 16.2. The third-order valence-corrected chi connectivity index (χ3v) is 4.65. The van der Waals surface area contributed by atoms with E-state index in [1.165, 1.54) is 23.5 Å². The van der Waals surface area contributed by atoms with Crippen LogP contribution in [0.4, 0.5) is 4.39 Å². The number of benzene rings is 1. The van der Waals surface area contributed by atoms with Gasteiger partial charge < -0.3 is 9.84 Å². The molecular weight excluding hydrogens is 319 g/mol. The Balaban J connectivity index is 1.50. The van der Waals surface area contributed by atoms with Crippen LogP contribution in [0.25, 0.3) is 0 Å². The van der Waals surface area contributed by atoms with E-state index in [0.717, 1.165) is 17.2 Å². The molecule has 1 unspecified atom stereocenters. The fourth-order valence-electron chi connectivity index (χ4n) is 2.57. The molecule has 0 saturated carbocycles. The Morgan fingerprint density at radius 2 is 2.22 bits per heavy atom. The molecule has 5 nitrogen and oxygen atoms in total. The number of aromatic nitrogens is 1. The summed E-state index contributed by atoms with van der Waals surface area (Å²) in [5, 5.41) is 11.8. The number of halogens is 1. The maximum atomic E-state index is 12.8. The molecule has 2 heterocycles. The summed E-state index contributed by atoms with van der Waals surface area (Å²) in [5.41, 5.74) is 0.929. The largest absolute Gasteiger partial charge is 0.486 e. The van der Waals surface area contributed by atoms with Crippen LogP contribution >= 0.6 is 11.3 Å². The van der Waals surface area contributed by atoms with Crippen molar-refractivity contribution in [1.29, 1.82) is 0 Å². The molecule has 1 fully saturated rings. The molecule has 1 aromatic carbocycles. The van der Waals surface area contributed by atoms with Crippen molar-refractivity contribution < 1.29 is 19.0 Å². The van der Waals surface area contributed by atoms with Crippen LogP contribution in [0, 0.1) is 11.7 Å². The van der Waals surface area contributed by atoms with Crippen molar-refractivity contribution in [2.45, 2.75) is 19.6 Å². The highest BCUT2D eigenvalue weighted by atomic mass is 32.1. The SMILES string of the molecule is O=C(O)C1CCN(Cc2csc(COc3ccc(F)cc3)n2)C1. The van der Waals surface area contributed by atoms with Crippen molar-refractivity contribution in [3.8, 4) is 5.75 Å². The van der Waals surface area contributed by atoms with Gasteiger partial charge in [0.2, 0.25) is 0 Å². The molecule has 122 valence electrons. The molecular formula is C16H17FN2O3S. The highest BCUT2D eigenvalue weighted by Gasteiger charge is 2.28. The monoisotopic (exact) mass is 336 g/mol. The van der Waals surface area contributed by atoms with E-state index in [2.05, 4.69) is 9.88 Å². The van der Waals surface area contributed by atoms with Crippen LogP contribution in [0.2, 0.25) is 0 Å². The van der Waals surface area contributed by atoms with Gasteiger partial charge in [0.25, 0.3) is 0 Å². The number of likely N-dealkylation sites (tertiary alicyclic amines) is 1. The molecule has 0 spiro atoms. The quantitative estimate of drug-likeness (QED) is 0.879. The smallest absolute Gasteiger partial charge is 0.307 e. The van der Waals surface area contributed by atoms with E-state index in [1.54, 1.807) is 12.1 Å². The summed E-state index contributed by atoms with van der Waals surface area (Å²) in [6.07, 6.45) is 0.694. The third kappa shape index (κ3) is 4.27. The van der Waals surface area contributed by atoms with Gasteiger partial charge in [-0.25, -0.2) is 9.37 Å². The van der Waals surface area contributed by atoms with Crippen molar-refractivity contribution in [2.75, 3.05) is 13.1 Å². The molecule has 1 atom stereocenters. The molecule has 7 heteroatoms. The lowest BCUT2D eigenvalue weighted by molar-refractivity contribution is -0.141. The predicted octanol–water partition coefficient (Wildman–Crippen LogP) is 2.77. The second-order valence-electron chi connectivity index (χ2n) is 5.53. The number of aliphatic carboxylic acids is 1. The Hall–Kier alpha value is -1.99. The molecule has 2 aromatic rings. The third-order valence-electron chi connectivity index (χ3n) is 3.78. The summed E-state index contributed by atoms with van der Waals surface area (Å²) >= 11 is 1.51. The fraction of sp³-hybridized carbons (Fsp3) is 0.375. The van der Waals surface area contributed by atoms with Crippen LogP contribution in [0.5, 0.6) is 5.75 Å². The van der Waals surface area contributed by atoms with E-state index >= 15 is 0 Å². The highest BCUT2D eigenvalue weighted by molar-refractivity contribution is 7.09. The summed E-state index contributed by atoms with van der Waals surface area (Å²) in [6, 6.07) is 5.88. The Labute approximate surface area is 137 Å². The fourth-order valence-corrected chi connectivity index (χ4v) is 3.27. The maximum absolute atomic E-state index is 12.8. The van der Waals surface area contributed by atoms with E-state index in [4.69, 9.17) is 9.84 Å². The van der Waals surface area contributed by atoms with Crippen LogP contribution in [-0.2, 0) is 17.9 Å². The molecule has 0 radical (unpaired) electrons. The first-order chi connectivity index (χ1) is 11.1. The van der Waals surface area contributed by atoms with Crippen molar-refractivity contribution >= 4 is 17.3 Å². The topological polar surface area (TPSA) is 62.7 Å². The van der Waals surface area contributed by atoms with Crippen LogP contribution in [0.1, 0.15) is 17.1 Å². The van der Waals surface area contributed by atoms with Gasteiger partial charge in [-0.1, -0.05) is 0 Å². The zero-order valence-corrected chi connectivity index (χ0v) is 13.3. The molecule has 0 bridgehead atoms. The Bertz CT molecular complexity index is 674. The van der Waals surface area contributed by atoms with Gasteiger partial charge in [-0.3, -0.25) is 9.69 Å². The molecule has 1 N–H and O–H groups in total. The van der Waals surface area contributed by atoms with Gasteiger partial charge in [0.05, 0.1) is 11.6 Å². The molecule has 1 saturated heterocycles. The van der Waals surface area contributed by atoms with Gasteiger partial charge in [0.1, 0.15) is 23.2 Å². The summed E-state index contributed by atoms with van der Waals surface area (Å²) in [5.74, 6) is -0.680. The lowest BCUT2D eigenvalue weighted by atomic mass is 10.1. The normalized spacial score (nSPS) is 18.2. The predicted molar refractivity (Wildman–Crippen MR) is 83.9 cm³/mol. The summed E-state index contributed by atoms with van der Waals surface area (Å²) < 4.78 is 18.4.